The fourth-order valence-corrected chi connectivity index (χ4v) is 2.23. The van der Waals surface area contributed by atoms with Crippen molar-refractivity contribution in [2.45, 2.75) is 46.7 Å². The summed E-state index contributed by atoms with van der Waals surface area (Å²) in [4.78, 5) is 10.8. The molecule has 2 aromatic rings. The highest BCUT2D eigenvalue weighted by Gasteiger charge is 2.18. The standard InChI is InChI=1S/C13H20N6O2/c1-4-10-7-11(18(5-2)15-10)13-14-16-17-19(13)8-9(3)6-12(20)21/h7,9H,4-6,8H2,1-3H3,(H,20,21). The van der Waals surface area contributed by atoms with Crippen molar-refractivity contribution in [1.29, 1.82) is 0 Å². The van der Waals surface area contributed by atoms with Gasteiger partial charge in [-0.15, -0.1) is 5.10 Å². The molecule has 8 heteroatoms. The van der Waals surface area contributed by atoms with Gasteiger partial charge in [0.15, 0.2) is 5.82 Å². The van der Waals surface area contributed by atoms with Crippen LogP contribution in [0.25, 0.3) is 11.5 Å². The van der Waals surface area contributed by atoms with E-state index in [2.05, 4.69) is 20.6 Å². The lowest BCUT2D eigenvalue weighted by molar-refractivity contribution is -0.138. The highest BCUT2D eigenvalue weighted by molar-refractivity contribution is 5.66. The fourth-order valence-electron chi connectivity index (χ4n) is 2.23. The number of tetrazole rings is 1. The van der Waals surface area contributed by atoms with Crippen molar-refractivity contribution in [2.75, 3.05) is 0 Å². The molecule has 0 saturated carbocycles. The van der Waals surface area contributed by atoms with E-state index in [4.69, 9.17) is 5.11 Å². The Labute approximate surface area is 122 Å². The Morgan fingerprint density at radius 1 is 1.38 bits per heavy atom. The van der Waals surface area contributed by atoms with E-state index in [0.29, 0.717) is 12.4 Å². The number of rotatable bonds is 7. The zero-order valence-electron chi connectivity index (χ0n) is 12.5. The van der Waals surface area contributed by atoms with Gasteiger partial charge < -0.3 is 5.11 Å². The molecular weight excluding hydrogens is 272 g/mol. The minimum absolute atomic E-state index is 0.0478. The Kier molecular flexibility index (Phi) is 4.66. The molecule has 1 atom stereocenters. The molecule has 1 N–H and O–H groups in total. The number of nitrogens with zero attached hydrogens (tertiary/aromatic N) is 6. The highest BCUT2D eigenvalue weighted by atomic mass is 16.4. The normalized spacial score (nSPS) is 12.5. The van der Waals surface area contributed by atoms with Crippen LogP contribution in [0.2, 0.25) is 0 Å². The third kappa shape index (κ3) is 3.45. The molecule has 0 saturated heterocycles. The van der Waals surface area contributed by atoms with Crippen molar-refractivity contribution in [2.24, 2.45) is 5.92 Å². The van der Waals surface area contributed by atoms with Crippen LogP contribution in [0.4, 0.5) is 0 Å². The molecule has 0 aliphatic carbocycles. The largest absolute Gasteiger partial charge is 0.481 e. The third-order valence-corrected chi connectivity index (χ3v) is 3.26. The lowest BCUT2D eigenvalue weighted by Crippen LogP contribution is -2.15. The molecule has 0 aliphatic rings. The van der Waals surface area contributed by atoms with E-state index < -0.39 is 5.97 Å². The number of carboxylic acids is 1. The third-order valence-electron chi connectivity index (χ3n) is 3.26. The second kappa shape index (κ2) is 6.47. The number of aromatic nitrogens is 6. The fraction of sp³-hybridized carbons (Fsp3) is 0.615. The summed E-state index contributed by atoms with van der Waals surface area (Å²) in [5.74, 6) is -0.237. The van der Waals surface area contributed by atoms with Gasteiger partial charge in [-0.2, -0.15) is 5.10 Å². The SMILES string of the molecule is CCc1cc(-c2nnnn2CC(C)CC(=O)O)n(CC)n1. The predicted octanol–water partition coefficient (Wildman–Crippen LogP) is 1.23. The topological polar surface area (TPSA) is 98.7 Å². The molecule has 2 aromatic heterocycles. The Morgan fingerprint density at radius 2 is 2.14 bits per heavy atom. The highest BCUT2D eigenvalue weighted by Crippen LogP contribution is 2.19. The number of carbonyl (C=O) groups is 1. The average Bonchev–Trinajstić information content (AvgIpc) is 3.02. The first kappa shape index (κ1) is 15.1. The van der Waals surface area contributed by atoms with Gasteiger partial charge in [-0.3, -0.25) is 9.48 Å². The van der Waals surface area contributed by atoms with Crippen molar-refractivity contribution in [3.8, 4) is 11.5 Å². The minimum atomic E-state index is -0.816. The molecule has 0 bridgehead atoms. The summed E-state index contributed by atoms with van der Waals surface area (Å²) in [6, 6.07) is 1.98. The summed E-state index contributed by atoms with van der Waals surface area (Å²) in [7, 11) is 0. The zero-order valence-corrected chi connectivity index (χ0v) is 12.5. The monoisotopic (exact) mass is 292 g/mol. The minimum Gasteiger partial charge on any atom is -0.481 e. The van der Waals surface area contributed by atoms with Gasteiger partial charge in [0.1, 0.15) is 5.69 Å². The summed E-state index contributed by atoms with van der Waals surface area (Å²) in [5.41, 5.74) is 1.85. The molecular formula is C13H20N6O2. The second-order valence-electron chi connectivity index (χ2n) is 5.08. The maximum absolute atomic E-state index is 10.8. The van der Waals surface area contributed by atoms with Crippen molar-refractivity contribution in [3.63, 3.8) is 0 Å². The summed E-state index contributed by atoms with van der Waals surface area (Å²) in [6.45, 7) is 7.12. The number of hydrogen-bond donors (Lipinski definition) is 1. The van der Waals surface area contributed by atoms with Gasteiger partial charge in [-0.25, -0.2) is 4.68 Å². The summed E-state index contributed by atoms with van der Waals surface area (Å²) >= 11 is 0. The van der Waals surface area contributed by atoms with Crippen molar-refractivity contribution < 1.29 is 9.90 Å². The molecule has 0 amide bonds. The summed E-state index contributed by atoms with van der Waals surface area (Å²) in [5, 5.41) is 25.1. The first-order valence-corrected chi connectivity index (χ1v) is 7.10. The van der Waals surface area contributed by atoms with E-state index in [-0.39, 0.29) is 12.3 Å². The van der Waals surface area contributed by atoms with Crippen LogP contribution in [-0.2, 0) is 24.3 Å². The van der Waals surface area contributed by atoms with E-state index in [1.165, 1.54) is 0 Å². The van der Waals surface area contributed by atoms with Crippen molar-refractivity contribution in [3.05, 3.63) is 11.8 Å². The molecule has 0 fully saturated rings. The molecule has 2 heterocycles. The maximum atomic E-state index is 10.8. The van der Waals surface area contributed by atoms with Crippen LogP contribution in [0.15, 0.2) is 6.07 Å². The maximum Gasteiger partial charge on any atom is 0.303 e. The number of hydrogen-bond acceptors (Lipinski definition) is 5. The Hall–Kier alpha value is -2.25. The van der Waals surface area contributed by atoms with Crippen LogP contribution >= 0.6 is 0 Å². The smallest absolute Gasteiger partial charge is 0.303 e. The zero-order chi connectivity index (χ0) is 15.4. The molecule has 114 valence electrons. The van der Waals surface area contributed by atoms with Crippen LogP contribution in [0.5, 0.6) is 0 Å². The molecule has 1 unspecified atom stereocenters. The van der Waals surface area contributed by atoms with Gasteiger partial charge >= 0.3 is 5.97 Å². The van der Waals surface area contributed by atoms with E-state index >= 15 is 0 Å². The average molecular weight is 292 g/mol. The van der Waals surface area contributed by atoms with Crippen LogP contribution in [0, 0.1) is 5.92 Å². The van der Waals surface area contributed by atoms with Gasteiger partial charge in [0.25, 0.3) is 0 Å². The van der Waals surface area contributed by atoms with Crippen LogP contribution in [0.3, 0.4) is 0 Å². The lowest BCUT2D eigenvalue weighted by atomic mass is 10.1. The van der Waals surface area contributed by atoms with Gasteiger partial charge in [0.05, 0.1) is 5.69 Å². The van der Waals surface area contributed by atoms with Crippen molar-refractivity contribution >= 4 is 5.97 Å². The quantitative estimate of drug-likeness (QED) is 0.824. The number of aryl methyl sites for hydroxylation is 2. The molecule has 0 spiro atoms. The number of carboxylic acid groups (broad SMARTS) is 1. The van der Waals surface area contributed by atoms with Gasteiger partial charge in [0.2, 0.25) is 0 Å². The summed E-state index contributed by atoms with van der Waals surface area (Å²) < 4.78 is 3.51. The van der Waals surface area contributed by atoms with Crippen LogP contribution < -0.4 is 0 Å². The van der Waals surface area contributed by atoms with E-state index in [1.54, 1.807) is 4.68 Å². The van der Waals surface area contributed by atoms with E-state index in [1.807, 2.05) is 31.5 Å². The summed E-state index contributed by atoms with van der Waals surface area (Å²) in [6.07, 6.45) is 0.934. The van der Waals surface area contributed by atoms with Gasteiger partial charge in [-0.05, 0) is 35.8 Å². The number of aliphatic carboxylic acids is 1. The molecule has 0 aliphatic heterocycles. The van der Waals surface area contributed by atoms with Crippen LogP contribution in [0.1, 0.15) is 32.9 Å². The predicted molar refractivity (Wildman–Crippen MR) is 75.5 cm³/mol. The van der Waals surface area contributed by atoms with Gasteiger partial charge in [-0.1, -0.05) is 13.8 Å². The molecule has 2 rings (SSSR count). The first-order valence-electron chi connectivity index (χ1n) is 7.10. The molecule has 21 heavy (non-hydrogen) atoms. The second-order valence-corrected chi connectivity index (χ2v) is 5.08. The Bertz CT molecular complexity index is 618. The lowest BCUT2D eigenvalue weighted by Gasteiger charge is -2.10. The van der Waals surface area contributed by atoms with Crippen molar-refractivity contribution in [1.82, 2.24) is 30.0 Å². The Morgan fingerprint density at radius 3 is 2.76 bits per heavy atom. The molecule has 0 radical (unpaired) electrons. The van der Waals surface area contributed by atoms with Gasteiger partial charge in [0, 0.05) is 19.5 Å². The van der Waals surface area contributed by atoms with Crippen LogP contribution in [-0.4, -0.2) is 41.1 Å². The molecule has 0 aromatic carbocycles. The van der Waals surface area contributed by atoms with E-state index in [0.717, 1.165) is 24.4 Å². The van der Waals surface area contributed by atoms with E-state index in [9.17, 15) is 4.79 Å². The Balaban J connectivity index is 2.27. The molecule has 8 nitrogen and oxygen atoms in total. The first-order chi connectivity index (χ1) is 10.0.